The minimum Gasteiger partial charge on any atom is -0.497 e. The van der Waals surface area contributed by atoms with Gasteiger partial charge >= 0.3 is 12.7 Å². The molecule has 1 saturated heterocycles. The average Bonchev–Trinajstić information content (AvgIpc) is 3.03. The van der Waals surface area contributed by atoms with E-state index in [1.807, 2.05) is 44.0 Å². The standard InChI is InChI=1S/C33H36F2N6O5/c1-20-7-6-8-24(21(20)2)26-19-30(46-33(42)38-25-11-10-23(43-4)18-28(25)44-5)39-32(37-26)36-22-9-12-27(29(17-22)45-31(34)35)41-15-13-40(3)14-16-41/h6-12,17-19,31H,13-16H2,1-5H3,(H,38,42)(H,36,37,39). The van der Waals surface area contributed by atoms with Crippen molar-refractivity contribution in [3.8, 4) is 34.4 Å². The molecule has 0 unspecified atom stereocenters. The Labute approximate surface area is 266 Å². The summed E-state index contributed by atoms with van der Waals surface area (Å²) < 4.78 is 48.0. The molecule has 3 aromatic carbocycles. The van der Waals surface area contributed by atoms with Crippen LogP contribution in [0.4, 0.5) is 36.6 Å². The maximum Gasteiger partial charge on any atom is 0.418 e. The van der Waals surface area contributed by atoms with Gasteiger partial charge in [0, 0.05) is 55.6 Å². The third kappa shape index (κ3) is 7.72. The fourth-order valence-corrected chi connectivity index (χ4v) is 5.05. The molecule has 1 aliphatic heterocycles. The van der Waals surface area contributed by atoms with Crippen molar-refractivity contribution >= 4 is 29.1 Å². The van der Waals surface area contributed by atoms with Gasteiger partial charge in [-0.25, -0.2) is 9.78 Å². The highest BCUT2D eigenvalue weighted by atomic mass is 19.3. The number of amides is 1. The van der Waals surface area contributed by atoms with Crippen LogP contribution in [0.3, 0.4) is 0 Å². The number of nitrogens with one attached hydrogen (secondary N) is 2. The van der Waals surface area contributed by atoms with Crippen LogP contribution in [0.25, 0.3) is 11.3 Å². The van der Waals surface area contributed by atoms with Crippen LogP contribution < -0.4 is 34.5 Å². The minimum absolute atomic E-state index is 0.0273. The van der Waals surface area contributed by atoms with Gasteiger partial charge < -0.3 is 34.1 Å². The van der Waals surface area contributed by atoms with Gasteiger partial charge in [-0.05, 0) is 56.3 Å². The Bertz CT molecular complexity index is 1700. The molecule has 13 heteroatoms. The first kappa shape index (κ1) is 32.2. The summed E-state index contributed by atoms with van der Waals surface area (Å²) in [6.45, 7) is 3.90. The van der Waals surface area contributed by atoms with E-state index in [0.717, 1.165) is 29.8 Å². The van der Waals surface area contributed by atoms with Crippen molar-refractivity contribution in [2.75, 3.05) is 63.0 Å². The number of alkyl halides is 2. The zero-order valence-electron chi connectivity index (χ0n) is 26.3. The van der Waals surface area contributed by atoms with Gasteiger partial charge in [-0.15, -0.1) is 0 Å². The summed E-state index contributed by atoms with van der Waals surface area (Å²) in [4.78, 5) is 26.3. The molecule has 0 spiro atoms. The van der Waals surface area contributed by atoms with E-state index in [0.29, 0.717) is 47.3 Å². The Kier molecular flexibility index (Phi) is 10.0. The summed E-state index contributed by atoms with van der Waals surface area (Å²) >= 11 is 0. The number of aromatic nitrogens is 2. The molecule has 1 fully saturated rings. The van der Waals surface area contributed by atoms with Crippen molar-refractivity contribution in [3.63, 3.8) is 0 Å². The summed E-state index contributed by atoms with van der Waals surface area (Å²) in [7, 11) is 5.02. The number of hydrogen-bond acceptors (Lipinski definition) is 10. The number of methoxy groups -OCH3 is 2. The lowest BCUT2D eigenvalue weighted by Gasteiger charge is -2.34. The Balaban J connectivity index is 1.46. The molecular formula is C33H36F2N6O5. The summed E-state index contributed by atoms with van der Waals surface area (Å²) in [5.74, 6) is 0.994. The first-order valence-electron chi connectivity index (χ1n) is 14.6. The number of aryl methyl sites for hydroxylation is 1. The molecule has 1 amide bonds. The van der Waals surface area contributed by atoms with Gasteiger partial charge in [0.2, 0.25) is 11.8 Å². The smallest absolute Gasteiger partial charge is 0.418 e. The van der Waals surface area contributed by atoms with Gasteiger partial charge in [-0.1, -0.05) is 18.2 Å². The van der Waals surface area contributed by atoms with E-state index in [1.54, 1.807) is 36.4 Å². The third-order valence-electron chi connectivity index (χ3n) is 7.70. The van der Waals surface area contributed by atoms with Crippen LogP contribution in [0.15, 0.2) is 60.7 Å². The number of piperazine rings is 1. The predicted molar refractivity (Wildman–Crippen MR) is 172 cm³/mol. The first-order chi connectivity index (χ1) is 22.1. The van der Waals surface area contributed by atoms with Gasteiger partial charge in [0.1, 0.15) is 11.5 Å². The van der Waals surface area contributed by atoms with Gasteiger partial charge in [0.05, 0.1) is 31.3 Å². The summed E-state index contributed by atoms with van der Waals surface area (Å²) in [5, 5.41) is 5.73. The molecule has 1 aliphatic rings. The van der Waals surface area contributed by atoms with E-state index in [1.165, 1.54) is 20.3 Å². The second kappa shape index (κ2) is 14.3. The van der Waals surface area contributed by atoms with Gasteiger partial charge in [-0.3, -0.25) is 5.32 Å². The Hall–Kier alpha value is -5.17. The average molecular weight is 635 g/mol. The van der Waals surface area contributed by atoms with Crippen molar-refractivity contribution in [1.82, 2.24) is 14.9 Å². The van der Waals surface area contributed by atoms with E-state index in [-0.39, 0.29) is 17.6 Å². The second-order valence-corrected chi connectivity index (χ2v) is 10.7. The zero-order chi connectivity index (χ0) is 32.8. The maximum absolute atomic E-state index is 13.5. The van der Waals surface area contributed by atoms with Crippen LogP contribution in [-0.4, -0.2) is 75.0 Å². The van der Waals surface area contributed by atoms with Crippen molar-refractivity contribution in [3.05, 3.63) is 71.8 Å². The van der Waals surface area contributed by atoms with E-state index < -0.39 is 12.7 Å². The molecule has 0 saturated carbocycles. The van der Waals surface area contributed by atoms with Crippen molar-refractivity contribution in [2.45, 2.75) is 20.5 Å². The van der Waals surface area contributed by atoms with E-state index >= 15 is 0 Å². The highest BCUT2D eigenvalue weighted by Gasteiger charge is 2.21. The number of nitrogens with zero attached hydrogens (tertiary/aromatic N) is 4. The minimum atomic E-state index is -3.01. The SMILES string of the molecule is COc1ccc(NC(=O)Oc2cc(-c3cccc(C)c3C)nc(Nc3ccc(N4CCN(C)CC4)c(OC(F)F)c3)n2)c(OC)c1. The molecule has 1 aromatic heterocycles. The molecule has 46 heavy (non-hydrogen) atoms. The van der Waals surface area contributed by atoms with Gasteiger partial charge in [0.25, 0.3) is 0 Å². The second-order valence-electron chi connectivity index (χ2n) is 10.7. The number of carbonyl (C=O) groups excluding carboxylic acids is 1. The highest BCUT2D eigenvalue weighted by molar-refractivity contribution is 5.88. The molecule has 5 rings (SSSR count). The Morgan fingerprint density at radius 3 is 2.41 bits per heavy atom. The predicted octanol–water partition coefficient (Wildman–Crippen LogP) is 6.49. The van der Waals surface area contributed by atoms with E-state index in [9.17, 15) is 13.6 Å². The third-order valence-corrected chi connectivity index (χ3v) is 7.70. The molecule has 0 aliphatic carbocycles. The highest BCUT2D eigenvalue weighted by Crippen LogP contribution is 2.35. The zero-order valence-corrected chi connectivity index (χ0v) is 26.3. The fraction of sp³-hybridized carbons (Fsp3) is 0.303. The Morgan fingerprint density at radius 1 is 0.913 bits per heavy atom. The molecule has 0 radical (unpaired) electrons. The molecule has 242 valence electrons. The molecule has 2 N–H and O–H groups in total. The summed E-state index contributed by atoms with van der Waals surface area (Å²) in [6, 6.07) is 17.2. The lowest BCUT2D eigenvalue weighted by Crippen LogP contribution is -2.44. The lowest BCUT2D eigenvalue weighted by molar-refractivity contribution is -0.0495. The topological polar surface area (TPSA) is 110 Å². The molecule has 0 bridgehead atoms. The van der Waals surface area contributed by atoms with Gasteiger partial charge in [-0.2, -0.15) is 13.8 Å². The number of ether oxygens (including phenoxy) is 4. The number of halogens is 2. The van der Waals surface area contributed by atoms with E-state index in [4.69, 9.17) is 18.9 Å². The van der Waals surface area contributed by atoms with Crippen molar-refractivity contribution in [2.24, 2.45) is 0 Å². The largest absolute Gasteiger partial charge is 0.497 e. The molecule has 4 aromatic rings. The molecule has 11 nitrogen and oxygen atoms in total. The van der Waals surface area contributed by atoms with Crippen LogP contribution in [0.2, 0.25) is 0 Å². The number of anilines is 4. The van der Waals surface area contributed by atoms with Gasteiger partial charge in [0.15, 0.2) is 5.75 Å². The molecule has 2 heterocycles. The quantitative estimate of drug-likeness (QED) is 0.201. The fourth-order valence-electron chi connectivity index (χ4n) is 5.05. The van der Waals surface area contributed by atoms with E-state index in [2.05, 4.69) is 25.5 Å². The normalized spacial score (nSPS) is 13.3. The number of carbonyl (C=O) groups is 1. The van der Waals surface area contributed by atoms with Crippen LogP contribution in [-0.2, 0) is 0 Å². The first-order valence-corrected chi connectivity index (χ1v) is 14.6. The number of benzene rings is 3. The Morgan fingerprint density at radius 2 is 1.70 bits per heavy atom. The lowest BCUT2D eigenvalue weighted by atomic mass is 10.0. The van der Waals surface area contributed by atoms with Crippen LogP contribution in [0.5, 0.6) is 23.1 Å². The maximum atomic E-state index is 13.5. The monoisotopic (exact) mass is 634 g/mol. The summed E-state index contributed by atoms with van der Waals surface area (Å²) in [5.41, 5.74) is 4.66. The van der Waals surface area contributed by atoms with Crippen molar-refractivity contribution in [1.29, 1.82) is 0 Å². The number of likely N-dealkylation sites (N-methyl/N-ethyl adjacent to an activating group) is 1. The number of rotatable bonds is 10. The molecule has 0 atom stereocenters. The molecular weight excluding hydrogens is 598 g/mol. The van der Waals surface area contributed by atoms with Crippen LogP contribution in [0.1, 0.15) is 11.1 Å². The van der Waals surface area contributed by atoms with Crippen molar-refractivity contribution < 1.29 is 32.5 Å². The van der Waals surface area contributed by atoms with Crippen LogP contribution >= 0.6 is 0 Å². The number of hydrogen-bond donors (Lipinski definition) is 2. The van der Waals surface area contributed by atoms with Crippen LogP contribution in [0, 0.1) is 13.8 Å². The summed E-state index contributed by atoms with van der Waals surface area (Å²) in [6.07, 6.45) is -0.816.